The summed E-state index contributed by atoms with van der Waals surface area (Å²) in [6.45, 7) is 13.8. The van der Waals surface area contributed by atoms with Gasteiger partial charge in [-0.05, 0) is 73.6 Å². The lowest BCUT2D eigenvalue weighted by Crippen LogP contribution is -2.53. The van der Waals surface area contributed by atoms with Crippen LogP contribution in [0.1, 0.15) is 67.0 Å². The van der Waals surface area contributed by atoms with Gasteiger partial charge in [-0.1, -0.05) is 16.2 Å². The van der Waals surface area contributed by atoms with Crippen LogP contribution in [0.3, 0.4) is 0 Å². The normalized spacial score (nSPS) is 21.6. The molecule has 0 amide bonds. The Morgan fingerprint density at radius 1 is 0.684 bits per heavy atom. The molecule has 12 nitrogen and oxygen atoms in total. The van der Waals surface area contributed by atoms with Gasteiger partial charge in [0.25, 0.3) is 0 Å². The summed E-state index contributed by atoms with van der Waals surface area (Å²) in [4.78, 5) is 8.71. The van der Waals surface area contributed by atoms with Crippen LogP contribution in [0.25, 0.3) is 11.4 Å². The Morgan fingerprint density at radius 2 is 1.05 bits per heavy atom. The minimum Gasteiger partial charge on any atom is -0.714 e. The molecule has 2 aromatic heterocycles. The molecule has 200 valence electrons. The minimum atomic E-state index is -0.983. The first-order chi connectivity index (χ1) is 17.6. The summed E-state index contributed by atoms with van der Waals surface area (Å²) >= 11 is 0. The maximum absolute atomic E-state index is 13.2. The summed E-state index contributed by atoms with van der Waals surface area (Å²) in [5.74, 6) is 0.269. The summed E-state index contributed by atoms with van der Waals surface area (Å²) in [5, 5.41) is 54.4. The number of amidine groups is 2. The SMILES string of the molecule is CC1(C)N([O])C(c2nccn2-c2cccc(-n3ccnc3C3=[N+]([O-])C(C)(C)C(C)(C)N3[O])c2)=[N+]([O-])C1(C)C. The number of hydrogen-bond acceptors (Lipinski definition) is 6. The Balaban J connectivity index is 1.60. The number of rotatable bonds is 4. The summed E-state index contributed by atoms with van der Waals surface area (Å²) < 4.78 is 4.78. The maximum Gasteiger partial charge on any atom is 0.353 e. The molecule has 12 heteroatoms. The number of imidazole rings is 2. The Hall–Kier alpha value is -3.90. The summed E-state index contributed by atoms with van der Waals surface area (Å²) in [7, 11) is 0. The van der Waals surface area contributed by atoms with E-state index in [1.54, 1.807) is 83.0 Å². The fourth-order valence-electron chi connectivity index (χ4n) is 4.73. The van der Waals surface area contributed by atoms with Crippen LogP contribution in [0, 0.1) is 10.4 Å². The topological polar surface area (TPSA) is 134 Å². The predicted molar refractivity (Wildman–Crippen MR) is 138 cm³/mol. The molecule has 0 spiro atoms. The van der Waals surface area contributed by atoms with Crippen molar-refractivity contribution in [1.29, 1.82) is 0 Å². The van der Waals surface area contributed by atoms with Crippen molar-refractivity contribution < 1.29 is 19.9 Å². The zero-order chi connectivity index (χ0) is 28.0. The second-order valence-corrected chi connectivity index (χ2v) is 11.8. The molecular weight excluding hydrogens is 488 g/mol. The van der Waals surface area contributed by atoms with Gasteiger partial charge < -0.3 is 10.4 Å². The molecule has 0 aliphatic carbocycles. The molecule has 0 unspecified atom stereocenters. The Morgan fingerprint density at radius 3 is 1.37 bits per heavy atom. The number of nitrogens with zero attached hydrogens (tertiary/aromatic N) is 8. The number of hydroxylamine groups is 6. The smallest absolute Gasteiger partial charge is 0.353 e. The molecule has 0 bridgehead atoms. The Labute approximate surface area is 221 Å². The lowest BCUT2D eigenvalue weighted by atomic mass is 9.84. The van der Waals surface area contributed by atoms with Crippen LogP contribution in [-0.2, 0) is 10.4 Å². The monoisotopic (exact) mass is 520 g/mol. The van der Waals surface area contributed by atoms with E-state index in [1.807, 2.05) is 18.2 Å². The van der Waals surface area contributed by atoms with Crippen molar-refractivity contribution in [2.45, 2.75) is 77.5 Å². The highest BCUT2D eigenvalue weighted by molar-refractivity contribution is 5.94. The van der Waals surface area contributed by atoms with Crippen molar-refractivity contribution in [2.75, 3.05) is 0 Å². The van der Waals surface area contributed by atoms with E-state index in [2.05, 4.69) is 9.97 Å². The third-order valence-corrected chi connectivity index (χ3v) is 8.86. The highest BCUT2D eigenvalue weighted by Crippen LogP contribution is 2.38. The lowest BCUT2D eigenvalue weighted by Gasteiger charge is -2.32. The number of benzene rings is 1. The van der Waals surface area contributed by atoms with Crippen LogP contribution in [0.15, 0.2) is 49.1 Å². The van der Waals surface area contributed by atoms with Gasteiger partial charge in [0.15, 0.2) is 11.1 Å². The van der Waals surface area contributed by atoms with Crippen LogP contribution in [0.4, 0.5) is 0 Å². The molecule has 0 atom stereocenters. The minimum absolute atomic E-state index is 0.0753. The molecule has 2 aliphatic heterocycles. The summed E-state index contributed by atoms with van der Waals surface area (Å²) in [6, 6.07) is 7.24. The Bertz CT molecular complexity index is 1390. The third-order valence-electron chi connectivity index (χ3n) is 8.86. The molecule has 4 heterocycles. The highest BCUT2D eigenvalue weighted by Gasteiger charge is 2.62. The fraction of sp³-hybridized carbons (Fsp3) is 0.462. The molecule has 0 saturated carbocycles. The van der Waals surface area contributed by atoms with Gasteiger partial charge in [0.05, 0.1) is 0 Å². The van der Waals surface area contributed by atoms with Gasteiger partial charge in [-0.2, -0.15) is 0 Å². The molecular formula is C26H32N8O4. The average Bonchev–Trinajstić information content (AvgIpc) is 3.57. The van der Waals surface area contributed by atoms with Crippen molar-refractivity contribution in [3.8, 4) is 11.4 Å². The van der Waals surface area contributed by atoms with Crippen LogP contribution >= 0.6 is 0 Å². The largest absolute Gasteiger partial charge is 0.714 e. The third kappa shape index (κ3) is 3.10. The maximum atomic E-state index is 13.2. The van der Waals surface area contributed by atoms with Crippen LogP contribution in [-0.4, -0.2) is 72.5 Å². The number of hydrogen-bond donors (Lipinski definition) is 0. The van der Waals surface area contributed by atoms with Gasteiger partial charge in [0, 0.05) is 46.6 Å². The van der Waals surface area contributed by atoms with Crippen molar-refractivity contribution >= 4 is 11.7 Å². The van der Waals surface area contributed by atoms with E-state index in [-0.39, 0.29) is 23.3 Å². The van der Waals surface area contributed by atoms with E-state index in [4.69, 9.17) is 0 Å². The van der Waals surface area contributed by atoms with E-state index in [0.29, 0.717) is 11.4 Å². The predicted octanol–water partition coefficient (Wildman–Crippen LogP) is 3.01. The van der Waals surface area contributed by atoms with Gasteiger partial charge in [0.2, 0.25) is 11.6 Å². The van der Waals surface area contributed by atoms with Gasteiger partial charge in [-0.15, -0.1) is 0 Å². The second-order valence-electron chi connectivity index (χ2n) is 11.8. The fourth-order valence-corrected chi connectivity index (χ4v) is 4.73. The molecule has 0 saturated heterocycles. The summed E-state index contributed by atoms with van der Waals surface area (Å²) in [5.41, 5.74) is -2.68. The first kappa shape index (κ1) is 25.7. The molecule has 2 radical (unpaired) electrons. The number of aromatic nitrogens is 4. The molecule has 3 aromatic rings. The lowest BCUT2D eigenvalue weighted by molar-refractivity contribution is -0.540. The van der Waals surface area contributed by atoms with E-state index in [9.17, 15) is 20.8 Å². The zero-order valence-corrected chi connectivity index (χ0v) is 22.8. The molecule has 38 heavy (non-hydrogen) atoms. The first-order valence-corrected chi connectivity index (χ1v) is 12.4. The standard InChI is InChI=1S/C26H32N8O4/c1-23(2)24(3,4)32(36)21(31(23)35)19-27-12-14-29(19)17-10-9-11-18(16-17)30-15-13-28-20(30)22-33(37)25(5,6)26(7,8)34(22)38/h9-16H,1-8H3. The molecule has 5 rings (SSSR count). The quantitative estimate of drug-likeness (QED) is 0.383. The van der Waals surface area contributed by atoms with Crippen molar-refractivity contribution in [2.24, 2.45) is 0 Å². The van der Waals surface area contributed by atoms with Crippen LogP contribution < -0.4 is 0 Å². The zero-order valence-electron chi connectivity index (χ0n) is 22.8. The average molecular weight is 521 g/mol. The van der Waals surface area contributed by atoms with Gasteiger partial charge >= 0.3 is 11.7 Å². The van der Waals surface area contributed by atoms with Crippen molar-refractivity contribution in [3.05, 3.63) is 71.1 Å². The summed E-state index contributed by atoms with van der Waals surface area (Å²) in [6.07, 6.45) is 6.40. The first-order valence-electron chi connectivity index (χ1n) is 12.4. The highest BCUT2D eigenvalue weighted by atomic mass is 16.5. The van der Waals surface area contributed by atoms with E-state index in [0.717, 1.165) is 19.6 Å². The van der Waals surface area contributed by atoms with Crippen LogP contribution in [0.2, 0.25) is 0 Å². The van der Waals surface area contributed by atoms with Gasteiger partial charge in [-0.25, -0.2) is 9.97 Å². The second kappa shape index (κ2) is 7.81. The van der Waals surface area contributed by atoms with Crippen LogP contribution in [0.5, 0.6) is 0 Å². The Kier molecular flexibility index (Phi) is 5.29. The molecule has 0 fully saturated rings. The molecule has 2 aliphatic rings. The van der Waals surface area contributed by atoms with E-state index >= 15 is 0 Å². The van der Waals surface area contributed by atoms with E-state index in [1.165, 1.54) is 12.4 Å². The molecule has 0 N–H and O–H groups in total. The van der Waals surface area contributed by atoms with E-state index < -0.39 is 22.2 Å². The van der Waals surface area contributed by atoms with Crippen molar-refractivity contribution in [1.82, 2.24) is 29.2 Å². The molecule has 1 aromatic carbocycles. The van der Waals surface area contributed by atoms with Crippen molar-refractivity contribution in [3.63, 3.8) is 0 Å². The van der Waals surface area contributed by atoms with Gasteiger partial charge in [-0.3, -0.25) is 18.6 Å². The van der Waals surface area contributed by atoms with Gasteiger partial charge in [0.1, 0.15) is 11.1 Å².